The Bertz CT molecular complexity index is 915. The van der Waals surface area contributed by atoms with Crippen LogP contribution in [0.25, 0.3) is 5.82 Å². The van der Waals surface area contributed by atoms with E-state index in [1.54, 1.807) is 0 Å². The van der Waals surface area contributed by atoms with Gasteiger partial charge in [0.15, 0.2) is 5.82 Å². The lowest BCUT2D eigenvalue weighted by Crippen LogP contribution is -2.46. The van der Waals surface area contributed by atoms with Crippen LogP contribution in [0.1, 0.15) is 11.3 Å². The molecule has 2 aromatic rings. The number of likely N-dealkylation sites (N-methyl/N-ethyl adjacent to an activating group) is 1. The number of methoxy groups -OCH3 is 1. The Morgan fingerprint density at radius 3 is 2.69 bits per heavy atom. The zero-order valence-electron chi connectivity index (χ0n) is 13.4. The van der Waals surface area contributed by atoms with E-state index in [2.05, 4.69) is 20.2 Å². The molecule has 0 spiro atoms. The van der Waals surface area contributed by atoms with Crippen molar-refractivity contribution in [1.82, 2.24) is 24.8 Å². The summed E-state index contributed by atoms with van der Waals surface area (Å²) in [6, 6.07) is 1.96. The molecule has 2 aliphatic rings. The summed E-state index contributed by atoms with van der Waals surface area (Å²) >= 11 is 0. The molecule has 9 nitrogen and oxygen atoms in total. The molecule has 2 aromatic heterocycles. The molecule has 0 bridgehead atoms. The molecule has 0 aromatic carbocycles. The van der Waals surface area contributed by atoms with Crippen molar-refractivity contribution in [1.29, 1.82) is 0 Å². The molecule has 136 valence electrons. The molecular formula is C14H11F3N6O3. The Balaban J connectivity index is 1.93. The lowest BCUT2D eigenvalue weighted by Gasteiger charge is -2.24. The van der Waals surface area contributed by atoms with Crippen molar-refractivity contribution in [2.45, 2.75) is 17.6 Å². The first-order chi connectivity index (χ1) is 12.2. The second-order valence-electron chi connectivity index (χ2n) is 5.64. The number of epoxide rings is 1. The molecule has 0 N–H and O–H groups in total. The monoisotopic (exact) mass is 368 g/mol. The lowest BCUT2D eigenvalue weighted by molar-refractivity contribution is -0.153. The van der Waals surface area contributed by atoms with E-state index in [1.807, 2.05) is 0 Å². The van der Waals surface area contributed by atoms with E-state index in [1.165, 1.54) is 26.7 Å². The number of rotatable bonds is 3. The van der Waals surface area contributed by atoms with E-state index in [0.29, 0.717) is 0 Å². The molecule has 4 rings (SSSR count). The second-order valence-corrected chi connectivity index (χ2v) is 5.64. The van der Waals surface area contributed by atoms with E-state index in [4.69, 9.17) is 9.47 Å². The van der Waals surface area contributed by atoms with Crippen LogP contribution in [0.4, 0.5) is 13.2 Å². The number of halogens is 3. The second kappa shape index (κ2) is 5.08. The van der Waals surface area contributed by atoms with Crippen molar-refractivity contribution < 1.29 is 27.4 Å². The maximum absolute atomic E-state index is 13.1. The van der Waals surface area contributed by atoms with Crippen LogP contribution in [0.15, 0.2) is 29.9 Å². The van der Waals surface area contributed by atoms with Crippen LogP contribution < -0.4 is 0 Å². The van der Waals surface area contributed by atoms with Gasteiger partial charge in [0, 0.05) is 19.7 Å². The van der Waals surface area contributed by atoms with Gasteiger partial charge in [-0.05, 0) is 12.1 Å². The Morgan fingerprint density at radius 1 is 1.31 bits per heavy atom. The van der Waals surface area contributed by atoms with E-state index >= 15 is 0 Å². The number of amides is 1. The molecule has 2 unspecified atom stereocenters. The van der Waals surface area contributed by atoms with Gasteiger partial charge >= 0.3 is 12.1 Å². The molecule has 1 fully saturated rings. The number of hydrazone groups is 1. The number of hydrogen-bond donors (Lipinski definition) is 0. The number of carbonyl (C=O) groups excluding carboxylic acids is 1. The van der Waals surface area contributed by atoms with Gasteiger partial charge in [-0.2, -0.15) is 23.4 Å². The highest BCUT2D eigenvalue weighted by Crippen LogP contribution is 2.58. The van der Waals surface area contributed by atoms with Crippen molar-refractivity contribution in [3.63, 3.8) is 0 Å². The van der Waals surface area contributed by atoms with Gasteiger partial charge in [-0.25, -0.2) is 19.7 Å². The van der Waals surface area contributed by atoms with E-state index in [9.17, 15) is 18.0 Å². The van der Waals surface area contributed by atoms with Gasteiger partial charge in [-0.1, -0.05) is 0 Å². The molecular weight excluding hydrogens is 357 g/mol. The molecule has 2 atom stereocenters. The van der Waals surface area contributed by atoms with Crippen molar-refractivity contribution in [2.24, 2.45) is 5.10 Å². The predicted octanol–water partition coefficient (Wildman–Crippen LogP) is 0.707. The summed E-state index contributed by atoms with van der Waals surface area (Å²) in [6.45, 7) is 0. The summed E-state index contributed by atoms with van der Waals surface area (Å²) in [6.07, 6.45) is -1.03. The van der Waals surface area contributed by atoms with Gasteiger partial charge in [0.25, 0.3) is 5.79 Å². The number of aromatic nitrogens is 4. The van der Waals surface area contributed by atoms with Crippen LogP contribution in [0.2, 0.25) is 0 Å². The van der Waals surface area contributed by atoms with Crippen LogP contribution in [0.3, 0.4) is 0 Å². The summed E-state index contributed by atoms with van der Waals surface area (Å²) in [5, 5.41) is 8.79. The van der Waals surface area contributed by atoms with Crippen LogP contribution >= 0.6 is 0 Å². The van der Waals surface area contributed by atoms with Crippen LogP contribution in [-0.4, -0.2) is 56.8 Å². The molecule has 0 radical (unpaired) electrons. The van der Waals surface area contributed by atoms with Crippen molar-refractivity contribution in [3.8, 4) is 5.82 Å². The average Bonchev–Trinajstić information content (AvgIpc) is 3.00. The fraction of sp³-hybridized carbons (Fsp3) is 0.357. The number of carbonyl (C=O) groups is 1. The lowest BCUT2D eigenvalue weighted by atomic mass is 9.92. The standard InChI is InChI=1S/C14H11F3N6O3/c1-22-11(24)13(25-2)12(26-13,5-19-22)8-3-4-9(14(15,16)17)21-10(8)23-7-18-6-20-23/h3-7H,1-2H3. The number of alkyl halides is 3. The minimum atomic E-state index is -4.66. The van der Waals surface area contributed by atoms with E-state index in [-0.39, 0.29) is 11.4 Å². The Kier molecular flexibility index (Phi) is 3.24. The zero-order valence-corrected chi connectivity index (χ0v) is 13.4. The summed E-state index contributed by atoms with van der Waals surface area (Å²) in [5.74, 6) is -2.51. The highest BCUT2D eigenvalue weighted by atomic mass is 19.4. The SMILES string of the molecule is COC12OC1(c1ccc(C(F)(F)F)nc1-n1cncn1)C=NN(C)C2=O. The van der Waals surface area contributed by atoms with Crippen molar-refractivity contribution >= 4 is 12.1 Å². The summed E-state index contributed by atoms with van der Waals surface area (Å²) < 4.78 is 51.2. The smallest absolute Gasteiger partial charge is 0.343 e. The topological polar surface area (TPSA) is 98.0 Å². The fourth-order valence-electron chi connectivity index (χ4n) is 2.92. The Labute approximate surface area is 144 Å². The summed E-state index contributed by atoms with van der Waals surface area (Å²) in [5.41, 5.74) is -2.49. The first-order valence-electron chi connectivity index (χ1n) is 7.27. The van der Waals surface area contributed by atoms with Crippen molar-refractivity contribution in [2.75, 3.05) is 14.2 Å². The molecule has 1 saturated heterocycles. The Morgan fingerprint density at radius 2 is 2.08 bits per heavy atom. The summed E-state index contributed by atoms with van der Waals surface area (Å²) in [4.78, 5) is 19.8. The minimum Gasteiger partial charge on any atom is -0.343 e. The third kappa shape index (κ3) is 2.02. The fourth-order valence-corrected chi connectivity index (χ4v) is 2.92. The normalized spacial score (nSPS) is 27.6. The van der Waals surface area contributed by atoms with Gasteiger partial charge in [0.05, 0.1) is 6.21 Å². The molecule has 4 heterocycles. The third-order valence-corrected chi connectivity index (χ3v) is 4.23. The molecule has 26 heavy (non-hydrogen) atoms. The number of fused-ring (bicyclic) bond motifs is 1. The summed E-state index contributed by atoms with van der Waals surface area (Å²) in [7, 11) is 2.67. The van der Waals surface area contributed by atoms with Crippen LogP contribution in [0.5, 0.6) is 0 Å². The van der Waals surface area contributed by atoms with Gasteiger partial charge in [0.2, 0.25) is 5.60 Å². The van der Waals surface area contributed by atoms with Gasteiger partial charge in [0.1, 0.15) is 18.3 Å². The van der Waals surface area contributed by atoms with Crippen LogP contribution in [0, 0.1) is 0 Å². The van der Waals surface area contributed by atoms with Gasteiger partial charge in [-0.15, -0.1) is 0 Å². The largest absolute Gasteiger partial charge is 0.433 e. The van der Waals surface area contributed by atoms with Crippen molar-refractivity contribution in [3.05, 3.63) is 36.0 Å². The highest BCUT2D eigenvalue weighted by Gasteiger charge is 2.80. The number of nitrogens with zero attached hydrogens (tertiary/aromatic N) is 6. The molecule has 2 aliphatic heterocycles. The first-order valence-corrected chi connectivity index (χ1v) is 7.27. The predicted molar refractivity (Wildman–Crippen MR) is 77.9 cm³/mol. The average molecular weight is 368 g/mol. The Hall–Kier alpha value is -2.86. The molecule has 12 heteroatoms. The molecule has 1 amide bonds. The number of hydrogen-bond acceptors (Lipinski definition) is 7. The van der Waals surface area contributed by atoms with Gasteiger partial charge in [-0.3, -0.25) is 4.79 Å². The highest BCUT2D eigenvalue weighted by molar-refractivity contribution is 5.99. The zero-order chi connectivity index (χ0) is 18.7. The van der Waals surface area contributed by atoms with E-state index < -0.39 is 29.2 Å². The minimum absolute atomic E-state index is 0.142. The number of ether oxygens (including phenoxy) is 2. The molecule has 0 saturated carbocycles. The van der Waals surface area contributed by atoms with E-state index in [0.717, 1.165) is 28.2 Å². The third-order valence-electron chi connectivity index (χ3n) is 4.23. The maximum Gasteiger partial charge on any atom is 0.433 e. The van der Waals surface area contributed by atoms with Gasteiger partial charge < -0.3 is 9.47 Å². The number of pyridine rings is 1. The van der Waals surface area contributed by atoms with Crippen LogP contribution in [-0.2, 0) is 26.0 Å². The maximum atomic E-state index is 13.1. The first kappa shape index (κ1) is 16.6. The molecule has 0 aliphatic carbocycles. The quantitative estimate of drug-likeness (QED) is 0.740.